The third-order valence-corrected chi connectivity index (χ3v) is 5.40. The standard InChI is InChI=1S/C15H21N3OS/c1-19-14-13(18-6-7-20-15(18)17-14)9-16-8-12(10-2-3-10)11-4-5-11/h6-7,10-12,16H,2-5,8-9H2,1H3. The molecule has 0 amide bonds. The van der Waals surface area contributed by atoms with Crippen LogP contribution in [-0.4, -0.2) is 23.0 Å². The molecular formula is C15H21N3OS. The molecule has 0 saturated heterocycles. The van der Waals surface area contributed by atoms with Crippen LogP contribution in [0.3, 0.4) is 0 Å². The molecule has 20 heavy (non-hydrogen) atoms. The molecule has 4 rings (SSSR count). The predicted molar refractivity (Wildman–Crippen MR) is 80.3 cm³/mol. The zero-order valence-corrected chi connectivity index (χ0v) is 12.7. The maximum absolute atomic E-state index is 5.40. The molecule has 2 aromatic rings. The summed E-state index contributed by atoms with van der Waals surface area (Å²) in [6.45, 7) is 1.99. The van der Waals surface area contributed by atoms with Crippen molar-refractivity contribution >= 4 is 16.3 Å². The summed E-state index contributed by atoms with van der Waals surface area (Å²) >= 11 is 1.65. The summed E-state index contributed by atoms with van der Waals surface area (Å²) in [5.74, 6) is 3.68. The van der Waals surface area contributed by atoms with E-state index >= 15 is 0 Å². The number of methoxy groups -OCH3 is 1. The lowest BCUT2D eigenvalue weighted by Crippen LogP contribution is -2.25. The number of rotatable bonds is 7. The summed E-state index contributed by atoms with van der Waals surface area (Å²) < 4.78 is 7.54. The van der Waals surface area contributed by atoms with E-state index in [9.17, 15) is 0 Å². The minimum Gasteiger partial charge on any atom is -0.480 e. The van der Waals surface area contributed by atoms with Crippen molar-refractivity contribution in [2.45, 2.75) is 32.2 Å². The van der Waals surface area contributed by atoms with Crippen LogP contribution in [-0.2, 0) is 6.54 Å². The van der Waals surface area contributed by atoms with Crippen molar-refractivity contribution in [1.82, 2.24) is 14.7 Å². The monoisotopic (exact) mass is 291 g/mol. The van der Waals surface area contributed by atoms with Crippen molar-refractivity contribution in [1.29, 1.82) is 0 Å². The highest BCUT2D eigenvalue weighted by atomic mass is 32.1. The number of hydrogen-bond donors (Lipinski definition) is 1. The van der Waals surface area contributed by atoms with Crippen LogP contribution >= 0.6 is 11.3 Å². The van der Waals surface area contributed by atoms with Gasteiger partial charge < -0.3 is 10.1 Å². The van der Waals surface area contributed by atoms with Crippen molar-refractivity contribution in [2.75, 3.05) is 13.7 Å². The summed E-state index contributed by atoms with van der Waals surface area (Å²) in [4.78, 5) is 5.52. The van der Waals surface area contributed by atoms with Gasteiger partial charge in [0, 0.05) is 18.1 Å². The van der Waals surface area contributed by atoms with Gasteiger partial charge in [0.05, 0.1) is 7.11 Å². The number of aromatic nitrogens is 2. The molecule has 108 valence electrons. The van der Waals surface area contributed by atoms with Crippen molar-refractivity contribution < 1.29 is 4.74 Å². The molecule has 2 fully saturated rings. The Morgan fingerprint density at radius 2 is 2.15 bits per heavy atom. The Kier molecular flexibility index (Phi) is 3.19. The lowest BCUT2D eigenvalue weighted by Gasteiger charge is -2.16. The summed E-state index contributed by atoms with van der Waals surface area (Å²) in [6.07, 6.45) is 7.88. The fourth-order valence-corrected chi connectivity index (χ4v) is 3.99. The van der Waals surface area contributed by atoms with Crippen LogP contribution in [0.5, 0.6) is 5.88 Å². The van der Waals surface area contributed by atoms with Gasteiger partial charge in [0.25, 0.3) is 0 Å². The zero-order valence-electron chi connectivity index (χ0n) is 11.8. The Balaban J connectivity index is 1.43. The Hall–Kier alpha value is -1.07. The normalized spacial score (nSPS) is 19.1. The Morgan fingerprint density at radius 3 is 2.80 bits per heavy atom. The molecule has 2 heterocycles. The molecule has 4 nitrogen and oxygen atoms in total. The lowest BCUT2D eigenvalue weighted by atomic mass is 9.98. The average Bonchev–Trinajstić information content (AvgIpc) is 3.36. The Bertz CT molecular complexity index is 585. The zero-order chi connectivity index (χ0) is 13.5. The van der Waals surface area contributed by atoms with Gasteiger partial charge in [0.1, 0.15) is 5.69 Å². The summed E-state index contributed by atoms with van der Waals surface area (Å²) in [5.41, 5.74) is 1.15. The van der Waals surface area contributed by atoms with Gasteiger partial charge in [-0.25, -0.2) is 0 Å². The molecule has 0 spiro atoms. The van der Waals surface area contributed by atoms with Crippen LogP contribution in [0.1, 0.15) is 31.4 Å². The SMILES string of the molecule is COc1nc2sccn2c1CNCC(C1CC1)C1CC1. The van der Waals surface area contributed by atoms with Crippen LogP contribution in [0.4, 0.5) is 0 Å². The first-order valence-corrected chi connectivity index (χ1v) is 8.44. The van der Waals surface area contributed by atoms with Gasteiger partial charge in [0.15, 0.2) is 4.96 Å². The molecule has 2 saturated carbocycles. The predicted octanol–water partition coefficient (Wildman–Crippen LogP) is 2.93. The fraction of sp³-hybridized carbons (Fsp3) is 0.667. The van der Waals surface area contributed by atoms with Crippen LogP contribution in [0.15, 0.2) is 11.6 Å². The highest BCUT2D eigenvalue weighted by molar-refractivity contribution is 7.15. The summed E-state index contributed by atoms with van der Waals surface area (Å²) in [6, 6.07) is 0. The smallest absolute Gasteiger partial charge is 0.237 e. The van der Waals surface area contributed by atoms with Crippen molar-refractivity contribution in [3.63, 3.8) is 0 Å². The highest BCUT2D eigenvalue weighted by Gasteiger charge is 2.40. The van der Waals surface area contributed by atoms with E-state index in [1.165, 1.54) is 25.7 Å². The van der Waals surface area contributed by atoms with Gasteiger partial charge in [-0.05, 0) is 50.0 Å². The molecule has 5 heteroatoms. The number of imidazole rings is 1. The topological polar surface area (TPSA) is 38.6 Å². The van der Waals surface area contributed by atoms with Gasteiger partial charge in [-0.2, -0.15) is 4.98 Å². The highest BCUT2D eigenvalue weighted by Crippen LogP contribution is 2.48. The first kappa shape index (κ1) is 12.7. The number of nitrogens with one attached hydrogen (secondary N) is 1. The molecule has 0 atom stereocenters. The van der Waals surface area contributed by atoms with Gasteiger partial charge in [-0.15, -0.1) is 11.3 Å². The lowest BCUT2D eigenvalue weighted by molar-refractivity contribution is 0.369. The molecule has 0 aliphatic heterocycles. The summed E-state index contributed by atoms with van der Waals surface area (Å²) in [7, 11) is 1.70. The minimum absolute atomic E-state index is 0.763. The van der Waals surface area contributed by atoms with E-state index < -0.39 is 0 Å². The first-order chi connectivity index (χ1) is 9.86. The minimum atomic E-state index is 0.763. The second-order valence-electron chi connectivity index (χ2n) is 6.09. The number of hydrogen-bond acceptors (Lipinski definition) is 4. The molecule has 2 aromatic heterocycles. The molecule has 0 bridgehead atoms. The van der Waals surface area contributed by atoms with Crippen molar-refractivity contribution in [3.8, 4) is 5.88 Å². The second kappa shape index (κ2) is 5.04. The van der Waals surface area contributed by atoms with E-state index in [2.05, 4.69) is 26.3 Å². The van der Waals surface area contributed by atoms with E-state index in [-0.39, 0.29) is 0 Å². The number of thiazole rings is 1. The van der Waals surface area contributed by atoms with E-state index in [0.29, 0.717) is 0 Å². The van der Waals surface area contributed by atoms with Crippen molar-refractivity contribution in [2.24, 2.45) is 17.8 Å². The van der Waals surface area contributed by atoms with E-state index in [1.54, 1.807) is 18.4 Å². The van der Waals surface area contributed by atoms with Crippen LogP contribution in [0, 0.1) is 17.8 Å². The van der Waals surface area contributed by atoms with E-state index in [1.807, 2.05) is 0 Å². The van der Waals surface area contributed by atoms with Crippen LogP contribution in [0.2, 0.25) is 0 Å². The van der Waals surface area contributed by atoms with Gasteiger partial charge in [-0.3, -0.25) is 4.40 Å². The number of ether oxygens (including phenoxy) is 1. The van der Waals surface area contributed by atoms with E-state index in [0.717, 1.165) is 47.4 Å². The average molecular weight is 291 g/mol. The molecular weight excluding hydrogens is 270 g/mol. The maximum Gasteiger partial charge on any atom is 0.237 e. The number of fused-ring (bicyclic) bond motifs is 1. The molecule has 0 radical (unpaired) electrons. The van der Waals surface area contributed by atoms with Crippen LogP contribution in [0.25, 0.3) is 4.96 Å². The molecule has 0 unspecified atom stereocenters. The quantitative estimate of drug-likeness (QED) is 0.852. The van der Waals surface area contributed by atoms with Crippen LogP contribution < -0.4 is 10.1 Å². The second-order valence-corrected chi connectivity index (χ2v) is 6.97. The Morgan fingerprint density at radius 1 is 1.40 bits per heavy atom. The van der Waals surface area contributed by atoms with Gasteiger partial charge in [-0.1, -0.05) is 0 Å². The van der Waals surface area contributed by atoms with Gasteiger partial charge >= 0.3 is 0 Å². The molecule has 2 aliphatic carbocycles. The molecule has 0 aromatic carbocycles. The Labute approximate surface area is 123 Å². The largest absolute Gasteiger partial charge is 0.480 e. The van der Waals surface area contributed by atoms with Gasteiger partial charge in [0.2, 0.25) is 5.88 Å². The first-order valence-electron chi connectivity index (χ1n) is 7.56. The summed E-state index contributed by atoms with van der Waals surface area (Å²) in [5, 5.41) is 5.72. The maximum atomic E-state index is 5.40. The third-order valence-electron chi connectivity index (χ3n) is 4.65. The number of nitrogens with zero attached hydrogens (tertiary/aromatic N) is 2. The van der Waals surface area contributed by atoms with Crippen molar-refractivity contribution in [3.05, 3.63) is 17.3 Å². The molecule has 2 aliphatic rings. The molecule has 1 N–H and O–H groups in total. The third kappa shape index (κ3) is 2.33. The van der Waals surface area contributed by atoms with E-state index in [4.69, 9.17) is 4.74 Å². The fourth-order valence-electron chi connectivity index (χ4n) is 3.26.